The molecule has 0 bridgehead atoms. The van der Waals surface area contributed by atoms with Crippen LogP contribution in [-0.2, 0) is 11.3 Å². The summed E-state index contributed by atoms with van der Waals surface area (Å²) in [4.78, 5) is 12.4. The van der Waals surface area contributed by atoms with Crippen molar-refractivity contribution in [1.82, 2.24) is 9.78 Å². The Kier molecular flexibility index (Phi) is 4.70. The molecule has 0 saturated heterocycles. The van der Waals surface area contributed by atoms with E-state index in [9.17, 15) is 4.79 Å². The van der Waals surface area contributed by atoms with Gasteiger partial charge in [-0.25, -0.2) is 0 Å². The van der Waals surface area contributed by atoms with Crippen molar-refractivity contribution in [1.29, 1.82) is 0 Å². The van der Waals surface area contributed by atoms with E-state index in [2.05, 4.69) is 10.4 Å². The van der Waals surface area contributed by atoms with Crippen molar-refractivity contribution in [3.8, 4) is 0 Å². The van der Waals surface area contributed by atoms with Crippen LogP contribution in [0, 0.1) is 5.92 Å². The Bertz CT molecular complexity index is 936. The molecule has 1 N–H and O–H groups in total. The van der Waals surface area contributed by atoms with Gasteiger partial charge in [-0.15, -0.1) is 0 Å². The van der Waals surface area contributed by atoms with E-state index in [1.54, 1.807) is 4.68 Å². The fraction of sp³-hybridized carbons (Fsp3) is 0.200. The molecular weight excluding hydrogens is 369 g/mol. The number of hydrogen-bond acceptors (Lipinski definition) is 2. The minimum Gasteiger partial charge on any atom is -0.309 e. The summed E-state index contributed by atoms with van der Waals surface area (Å²) in [5.41, 5.74) is 2.21. The number of halogens is 2. The van der Waals surface area contributed by atoms with Crippen LogP contribution in [0.15, 0.2) is 60.8 Å². The maximum atomic E-state index is 12.4. The SMILES string of the molecule is O=C(Nc1ccn(Cc2cccc(Cl)c2)n1)C1CC1c1ccc(Cl)cc1. The normalized spacial score (nSPS) is 18.5. The third kappa shape index (κ3) is 3.92. The Morgan fingerprint density at radius 2 is 1.92 bits per heavy atom. The van der Waals surface area contributed by atoms with Crippen LogP contribution in [0.1, 0.15) is 23.5 Å². The minimum absolute atomic E-state index is 0.00532. The Hall–Kier alpha value is -2.30. The highest BCUT2D eigenvalue weighted by Gasteiger charge is 2.44. The number of carbonyl (C=O) groups is 1. The zero-order valence-corrected chi connectivity index (χ0v) is 15.4. The summed E-state index contributed by atoms with van der Waals surface area (Å²) < 4.78 is 1.78. The van der Waals surface area contributed by atoms with E-state index in [4.69, 9.17) is 23.2 Å². The molecule has 1 fully saturated rings. The molecule has 2 unspecified atom stereocenters. The maximum absolute atomic E-state index is 12.4. The van der Waals surface area contributed by atoms with Crippen molar-refractivity contribution < 1.29 is 4.79 Å². The number of aromatic nitrogens is 2. The number of hydrogen-bond donors (Lipinski definition) is 1. The maximum Gasteiger partial charge on any atom is 0.229 e. The van der Waals surface area contributed by atoms with Crippen molar-refractivity contribution in [2.45, 2.75) is 18.9 Å². The van der Waals surface area contributed by atoms with Gasteiger partial charge in [-0.05, 0) is 47.7 Å². The molecule has 2 aromatic carbocycles. The Morgan fingerprint density at radius 1 is 1.12 bits per heavy atom. The third-order valence-corrected chi connectivity index (χ3v) is 5.04. The van der Waals surface area contributed by atoms with Crippen LogP contribution in [0.4, 0.5) is 5.82 Å². The van der Waals surface area contributed by atoms with Gasteiger partial charge in [0.25, 0.3) is 0 Å². The zero-order chi connectivity index (χ0) is 18.1. The van der Waals surface area contributed by atoms with Crippen molar-refractivity contribution in [3.05, 3.63) is 82.0 Å². The second-order valence-electron chi connectivity index (χ2n) is 6.52. The van der Waals surface area contributed by atoms with E-state index < -0.39 is 0 Å². The lowest BCUT2D eigenvalue weighted by Crippen LogP contribution is -2.15. The lowest BCUT2D eigenvalue weighted by molar-refractivity contribution is -0.117. The molecule has 4 nitrogen and oxygen atoms in total. The molecule has 1 aliphatic carbocycles. The second kappa shape index (κ2) is 7.14. The molecule has 3 aromatic rings. The predicted molar refractivity (Wildman–Crippen MR) is 104 cm³/mol. The van der Waals surface area contributed by atoms with Crippen LogP contribution in [0.3, 0.4) is 0 Å². The smallest absolute Gasteiger partial charge is 0.229 e. The van der Waals surface area contributed by atoms with Crippen molar-refractivity contribution in [2.24, 2.45) is 5.92 Å². The molecule has 1 aliphatic rings. The van der Waals surface area contributed by atoms with Gasteiger partial charge in [0.1, 0.15) is 0 Å². The standard InChI is InChI=1S/C20H17Cl2N3O/c21-15-6-4-14(5-7-15)17-11-18(17)20(26)23-19-8-9-25(24-19)12-13-2-1-3-16(22)10-13/h1-10,17-18H,11-12H2,(H,23,24,26). The van der Waals surface area contributed by atoms with E-state index in [0.29, 0.717) is 22.4 Å². The highest BCUT2D eigenvalue weighted by Crippen LogP contribution is 2.48. The van der Waals surface area contributed by atoms with Gasteiger partial charge >= 0.3 is 0 Å². The van der Waals surface area contributed by atoms with Gasteiger partial charge in [-0.2, -0.15) is 5.10 Å². The largest absolute Gasteiger partial charge is 0.309 e. The van der Waals surface area contributed by atoms with E-state index in [0.717, 1.165) is 17.5 Å². The van der Waals surface area contributed by atoms with Gasteiger partial charge in [0.15, 0.2) is 5.82 Å². The lowest BCUT2D eigenvalue weighted by Gasteiger charge is -2.04. The summed E-state index contributed by atoms with van der Waals surface area (Å²) in [5.74, 6) is 0.840. The predicted octanol–water partition coefficient (Wildman–Crippen LogP) is 4.98. The summed E-state index contributed by atoms with van der Waals surface area (Å²) in [6, 6.07) is 17.2. The van der Waals surface area contributed by atoms with Gasteiger partial charge in [0.2, 0.25) is 5.91 Å². The first-order valence-corrected chi connectivity index (χ1v) is 9.18. The topological polar surface area (TPSA) is 46.9 Å². The second-order valence-corrected chi connectivity index (χ2v) is 7.39. The lowest BCUT2D eigenvalue weighted by atomic mass is 10.1. The number of nitrogens with one attached hydrogen (secondary N) is 1. The fourth-order valence-electron chi connectivity index (χ4n) is 3.12. The summed E-state index contributed by atoms with van der Waals surface area (Å²) in [6.07, 6.45) is 2.71. The van der Waals surface area contributed by atoms with E-state index in [1.807, 2.05) is 60.8 Å². The number of rotatable bonds is 5. The Balaban J connectivity index is 1.35. The van der Waals surface area contributed by atoms with E-state index >= 15 is 0 Å². The van der Waals surface area contributed by atoms with Crippen LogP contribution in [0.2, 0.25) is 10.0 Å². The molecule has 4 rings (SSSR count). The average Bonchev–Trinajstić information content (AvgIpc) is 3.30. The molecule has 1 amide bonds. The van der Waals surface area contributed by atoms with Gasteiger partial charge < -0.3 is 5.32 Å². The van der Waals surface area contributed by atoms with Gasteiger partial charge in [-0.3, -0.25) is 9.48 Å². The number of benzene rings is 2. The number of carbonyl (C=O) groups excluding carboxylic acids is 1. The highest BCUT2D eigenvalue weighted by atomic mass is 35.5. The first-order valence-electron chi connectivity index (χ1n) is 8.43. The molecule has 6 heteroatoms. The average molecular weight is 386 g/mol. The molecular formula is C20H17Cl2N3O. The fourth-order valence-corrected chi connectivity index (χ4v) is 3.46. The van der Waals surface area contributed by atoms with Crippen LogP contribution in [0.5, 0.6) is 0 Å². The van der Waals surface area contributed by atoms with Crippen LogP contribution in [-0.4, -0.2) is 15.7 Å². The summed E-state index contributed by atoms with van der Waals surface area (Å²) in [7, 11) is 0. The molecule has 26 heavy (non-hydrogen) atoms. The number of anilines is 1. The van der Waals surface area contributed by atoms with E-state index in [1.165, 1.54) is 0 Å². The quantitative estimate of drug-likeness (QED) is 0.672. The Labute approximate surface area is 161 Å². The third-order valence-electron chi connectivity index (χ3n) is 4.55. The van der Waals surface area contributed by atoms with Crippen LogP contribution >= 0.6 is 23.2 Å². The van der Waals surface area contributed by atoms with Crippen LogP contribution in [0.25, 0.3) is 0 Å². The number of amides is 1. The summed E-state index contributed by atoms with van der Waals surface area (Å²) in [5, 5.41) is 8.74. The van der Waals surface area contributed by atoms with Crippen molar-refractivity contribution >= 4 is 34.9 Å². The monoisotopic (exact) mass is 385 g/mol. The highest BCUT2D eigenvalue weighted by molar-refractivity contribution is 6.30. The van der Waals surface area contributed by atoms with Crippen molar-refractivity contribution in [2.75, 3.05) is 5.32 Å². The van der Waals surface area contributed by atoms with Crippen molar-refractivity contribution in [3.63, 3.8) is 0 Å². The van der Waals surface area contributed by atoms with E-state index in [-0.39, 0.29) is 17.7 Å². The minimum atomic E-state index is -0.00532. The van der Waals surface area contributed by atoms with Gasteiger partial charge in [0, 0.05) is 28.2 Å². The molecule has 1 aromatic heterocycles. The molecule has 0 aliphatic heterocycles. The molecule has 0 radical (unpaired) electrons. The summed E-state index contributed by atoms with van der Waals surface area (Å²) >= 11 is 11.9. The molecule has 1 heterocycles. The first kappa shape index (κ1) is 17.1. The number of nitrogens with zero attached hydrogens (tertiary/aromatic N) is 2. The zero-order valence-electron chi connectivity index (χ0n) is 13.9. The van der Waals surface area contributed by atoms with Crippen LogP contribution < -0.4 is 5.32 Å². The summed E-state index contributed by atoms with van der Waals surface area (Å²) in [6.45, 7) is 0.604. The molecule has 2 atom stereocenters. The van der Waals surface area contributed by atoms with Gasteiger partial charge in [0.05, 0.1) is 6.54 Å². The first-order chi connectivity index (χ1) is 12.6. The molecule has 132 valence electrons. The molecule has 0 spiro atoms. The molecule has 1 saturated carbocycles. The van der Waals surface area contributed by atoms with Gasteiger partial charge in [-0.1, -0.05) is 47.5 Å². The Morgan fingerprint density at radius 3 is 2.69 bits per heavy atom.